The minimum Gasteiger partial charge on any atom is -0.368 e. The monoisotopic (exact) mass is 488 g/mol. The molecule has 3 heterocycles. The third-order valence-corrected chi connectivity index (χ3v) is 7.10. The molecule has 0 spiro atoms. The Hall–Kier alpha value is -3.88. The zero-order chi connectivity index (χ0) is 25.2. The minimum absolute atomic E-state index is 0.00136. The van der Waals surface area contributed by atoms with Crippen molar-refractivity contribution >= 4 is 23.3 Å². The number of nitrogens with zero attached hydrogens (tertiary/aromatic N) is 5. The summed E-state index contributed by atoms with van der Waals surface area (Å²) in [5, 5.41) is 7.05. The highest BCUT2D eigenvalue weighted by Crippen LogP contribution is 2.33. The van der Waals surface area contributed by atoms with E-state index < -0.39 is 0 Å². The maximum Gasteiger partial charge on any atom is 0.317 e. The zero-order valence-corrected chi connectivity index (χ0v) is 21.0. The summed E-state index contributed by atoms with van der Waals surface area (Å²) in [6, 6.07) is 14.2. The van der Waals surface area contributed by atoms with Gasteiger partial charge in [-0.1, -0.05) is 11.2 Å². The summed E-state index contributed by atoms with van der Waals surface area (Å²) in [6.07, 6.45) is 0.357. The van der Waals surface area contributed by atoms with Gasteiger partial charge in [0.05, 0.1) is 5.92 Å². The van der Waals surface area contributed by atoms with E-state index in [2.05, 4.69) is 40.3 Å². The first-order valence-corrected chi connectivity index (χ1v) is 12.5. The molecule has 1 aromatic heterocycles. The fraction of sp³-hybridized carbons (Fsp3) is 0.407. The highest BCUT2D eigenvalue weighted by atomic mass is 16.5. The molecule has 3 aromatic rings. The Balaban J connectivity index is 1.22. The molecular formula is C27H32N6O3. The molecule has 1 atom stereocenters. The number of carbonyl (C=O) groups excluding carboxylic acids is 2. The predicted molar refractivity (Wildman–Crippen MR) is 138 cm³/mol. The fourth-order valence-electron chi connectivity index (χ4n) is 4.79. The molecule has 5 rings (SSSR count). The number of urea groups is 1. The van der Waals surface area contributed by atoms with Crippen LogP contribution in [0, 0.1) is 13.8 Å². The van der Waals surface area contributed by atoms with Gasteiger partial charge in [0.2, 0.25) is 17.6 Å². The van der Waals surface area contributed by atoms with Crippen LogP contribution >= 0.6 is 0 Å². The van der Waals surface area contributed by atoms with Crippen molar-refractivity contribution in [3.63, 3.8) is 0 Å². The van der Waals surface area contributed by atoms with Gasteiger partial charge in [-0.3, -0.25) is 4.79 Å². The van der Waals surface area contributed by atoms with E-state index in [0.29, 0.717) is 44.3 Å². The summed E-state index contributed by atoms with van der Waals surface area (Å²) in [4.78, 5) is 35.3. The second-order valence-corrected chi connectivity index (χ2v) is 9.49. The molecule has 1 N–H and O–H groups in total. The van der Waals surface area contributed by atoms with Crippen molar-refractivity contribution in [1.29, 1.82) is 0 Å². The van der Waals surface area contributed by atoms with Crippen molar-refractivity contribution in [2.45, 2.75) is 33.1 Å². The van der Waals surface area contributed by atoms with E-state index in [0.717, 1.165) is 35.6 Å². The van der Waals surface area contributed by atoms with Crippen molar-refractivity contribution in [3.8, 4) is 11.4 Å². The maximum absolute atomic E-state index is 12.7. The Bertz CT molecular complexity index is 1250. The molecule has 36 heavy (non-hydrogen) atoms. The maximum atomic E-state index is 12.7. The zero-order valence-electron chi connectivity index (χ0n) is 21.0. The molecule has 2 aromatic carbocycles. The number of carbonyl (C=O) groups is 2. The normalized spacial score (nSPS) is 18.1. The van der Waals surface area contributed by atoms with Crippen molar-refractivity contribution in [2.24, 2.45) is 0 Å². The van der Waals surface area contributed by atoms with Crippen molar-refractivity contribution in [3.05, 3.63) is 59.5 Å². The lowest BCUT2D eigenvalue weighted by Gasteiger charge is -2.36. The molecule has 0 radical (unpaired) electrons. The summed E-state index contributed by atoms with van der Waals surface area (Å²) in [5.41, 5.74) is 5.24. The van der Waals surface area contributed by atoms with Gasteiger partial charge in [-0.25, -0.2) is 4.79 Å². The number of aryl methyl sites for hydroxylation is 2. The van der Waals surface area contributed by atoms with Gasteiger partial charge in [-0.15, -0.1) is 0 Å². The Kier molecular flexibility index (Phi) is 6.63. The van der Waals surface area contributed by atoms with E-state index in [-0.39, 0.29) is 17.9 Å². The Morgan fingerprint density at radius 3 is 2.44 bits per heavy atom. The molecule has 0 aliphatic carbocycles. The van der Waals surface area contributed by atoms with Crippen LogP contribution in [-0.4, -0.2) is 66.2 Å². The summed E-state index contributed by atoms with van der Waals surface area (Å²) >= 11 is 0. The van der Waals surface area contributed by atoms with E-state index in [1.165, 1.54) is 5.56 Å². The van der Waals surface area contributed by atoms with Gasteiger partial charge in [0, 0.05) is 62.6 Å². The second kappa shape index (κ2) is 10.0. The second-order valence-electron chi connectivity index (χ2n) is 9.49. The Morgan fingerprint density at radius 1 is 1.03 bits per heavy atom. The largest absolute Gasteiger partial charge is 0.368 e. The molecule has 2 aliphatic rings. The number of anilines is 2. The van der Waals surface area contributed by atoms with Gasteiger partial charge in [-0.05, 0) is 68.3 Å². The lowest BCUT2D eigenvalue weighted by atomic mass is 10.1. The van der Waals surface area contributed by atoms with Crippen molar-refractivity contribution in [2.75, 3.05) is 49.1 Å². The van der Waals surface area contributed by atoms with Crippen LogP contribution in [0.25, 0.3) is 11.4 Å². The fourth-order valence-corrected chi connectivity index (χ4v) is 4.79. The number of rotatable bonds is 5. The van der Waals surface area contributed by atoms with Crippen molar-refractivity contribution in [1.82, 2.24) is 20.4 Å². The van der Waals surface area contributed by atoms with Crippen LogP contribution in [0.1, 0.15) is 36.3 Å². The Morgan fingerprint density at radius 2 is 1.75 bits per heavy atom. The molecule has 0 unspecified atom stereocenters. The van der Waals surface area contributed by atoms with Gasteiger partial charge in [-0.2, -0.15) is 4.98 Å². The lowest BCUT2D eigenvalue weighted by molar-refractivity contribution is -0.117. The first kappa shape index (κ1) is 23.8. The van der Waals surface area contributed by atoms with Gasteiger partial charge < -0.3 is 24.5 Å². The van der Waals surface area contributed by atoms with Gasteiger partial charge in [0.15, 0.2) is 0 Å². The quantitative estimate of drug-likeness (QED) is 0.588. The third kappa shape index (κ3) is 4.78. The topological polar surface area (TPSA) is 94.8 Å². The van der Waals surface area contributed by atoms with Crippen LogP contribution in [-0.2, 0) is 4.79 Å². The van der Waals surface area contributed by atoms with Gasteiger partial charge >= 0.3 is 6.03 Å². The molecule has 3 amide bonds. The number of hydrogen-bond acceptors (Lipinski definition) is 6. The van der Waals surface area contributed by atoms with Gasteiger partial charge in [0.25, 0.3) is 0 Å². The predicted octanol–water partition coefficient (Wildman–Crippen LogP) is 3.73. The van der Waals surface area contributed by atoms with E-state index in [1.54, 1.807) is 4.90 Å². The summed E-state index contributed by atoms with van der Waals surface area (Å²) in [6.45, 7) is 10.2. The van der Waals surface area contributed by atoms with Crippen LogP contribution in [0.5, 0.6) is 0 Å². The first-order valence-electron chi connectivity index (χ1n) is 12.5. The number of hydrogen-bond donors (Lipinski definition) is 1. The number of aromatic nitrogens is 2. The average molecular weight is 489 g/mol. The highest BCUT2D eigenvalue weighted by Gasteiger charge is 2.35. The Labute approximate surface area is 211 Å². The van der Waals surface area contributed by atoms with E-state index in [9.17, 15) is 9.59 Å². The van der Waals surface area contributed by atoms with Crippen LogP contribution in [0.15, 0.2) is 47.0 Å². The minimum atomic E-state index is -0.124. The molecule has 188 valence electrons. The smallest absolute Gasteiger partial charge is 0.317 e. The molecule has 2 aliphatic heterocycles. The average Bonchev–Trinajstić information content (AvgIpc) is 3.53. The third-order valence-electron chi connectivity index (χ3n) is 7.10. The summed E-state index contributed by atoms with van der Waals surface area (Å²) in [5.74, 6) is 0.963. The summed E-state index contributed by atoms with van der Waals surface area (Å²) in [7, 11) is 0. The van der Waals surface area contributed by atoms with Gasteiger partial charge in [0.1, 0.15) is 0 Å². The molecule has 9 nitrogen and oxygen atoms in total. The van der Waals surface area contributed by atoms with Crippen LogP contribution < -0.4 is 15.1 Å². The summed E-state index contributed by atoms with van der Waals surface area (Å²) < 4.78 is 5.59. The SMILES string of the molecule is CCNC(=O)N1CCN(c2ccc(-c3noc([C@H]4CC(=O)N(c5ccc(C)c(C)c5)C4)n3)cc2)CC1. The van der Waals surface area contributed by atoms with Crippen LogP contribution in [0.2, 0.25) is 0 Å². The standard InChI is InChI=1S/C27H32N6O3/c1-4-28-27(35)32-13-11-31(12-14-32)22-9-6-20(7-10-22)25-29-26(36-30-25)21-16-24(34)33(17-21)23-8-5-18(2)19(3)15-23/h5-10,15,21H,4,11-14,16-17H2,1-3H3,(H,28,35)/t21-/m0/s1. The lowest BCUT2D eigenvalue weighted by Crippen LogP contribution is -2.51. The van der Waals surface area contributed by atoms with Crippen LogP contribution in [0.3, 0.4) is 0 Å². The van der Waals surface area contributed by atoms with Crippen LogP contribution in [0.4, 0.5) is 16.2 Å². The van der Waals surface area contributed by atoms with E-state index >= 15 is 0 Å². The molecule has 0 saturated carbocycles. The van der Waals surface area contributed by atoms with E-state index in [1.807, 2.05) is 48.2 Å². The van der Waals surface area contributed by atoms with Crippen molar-refractivity contribution < 1.29 is 14.1 Å². The molecule has 2 fully saturated rings. The number of nitrogens with one attached hydrogen (secondary N) is 1. The number of benzene rings is 2. The molecule has 9 heteroatoms. The number of piperazine rings is 1. The molecular weight excluding hydrogens is 456 g/mol. The number of amides is 3. The van der Waals surface area contributed by atoms with E-state index in [4.69, 9.17) is 4.52 Å². The molecule has 0 bridgehead atoms. The highest BCUT2D eigenvalue weighted by molar-refractivity contribution is 5.96. The molecule has 2 saturated heterocycles. The first-order chi connectivity index (χ1) is 17.4.